The smallest absolute Gasteiger partial charge is 0.225 e. The number of nitrogens with zero attached hydrogens (tertiary/aromatic N) is 2. The molecule has 0 spiro atoms. The normalized spacial score (nSPS) is 19.7. The summed E-state index contributed by atoms with van der Waals surface area (Å²) in [4.78, 5) is 14.1. The standard InChI is InChI=1S/C19H19N3O/c1-13-9-17(19(21)23)16-7-2-3-8-18(16)22(13)12-15-6-4-5-14(10-15)11-20/h2-8,10,13,17H,9,12H2,1H3,(H2,21,23)/t13-,17-/m1/s1. The van der Waals surface area contributed by atoms with Crippen LogP contribution in [0.25, 0.3) is 0 Å². The quantitative estimate of drug-likeness (QED) is 0.947. The summed E-state index contributed by atoms with van der Waals surface area (Å²) in [7, 11) is 0. The third-order valence-electron chi connectivity index (χ3n) is 4.48. The first-order valence-corrected chi connectivity index (χ1v) is 7.74. The van der Waals surface area contributed by atoms with E-state index in [2.05, 4.69) is 17.9 Å². The zero-order valence-corrected chi connectivity index (χ0v) is 13.1. The number of fused-ring (bicyclic) bond motifs is 1. The molecule has 0 fully saturated rings. The van der Waals surface area contributed by atoms with Gasteiger partial charge >= 0.3 is 0 Å². The Bertz CT molecular complexity index is 778. The molecule has 0 aliphatic carbocycles. The number of nitriles is 1. The summed E-state index contributed by atoms with van der Waals surface area (Å²) in [5, 5.41) is 9.06. The number of rotatable bonds is 3. The molecule has 0 aromatic heterocycles. The highest BCUT2D eigenvalue weighted by Gasteiger charge is 2.32. The van der Waals surface area contributed by atoms with Crippen LogP contribution in [0.3, 0.4) is 0 Å². The van der Waals surface area contributed by atoms with Crippen molar-refractivity contribution < 1.29 is 4.79 Å². The van der Waals surface area contributed by atoms with E-state index in [1.54, 1.807) is 6.07 Å². The molecule has 4 nitrogen and oxygen atoms in total. The van der Waals surface area contributed by atoms with E-state index in [0.717, 1.165) is 16.8 Å². The van der Waals surface area contributed by atoms with Gasteiger partial charge in [-0.1, -0.05) is 30.3 Å². The minimum atomic E-state index is -0.268. The van der Waals surface area contributed by atoms with Crippen LogP contribution in [0.2, 0.25) is 0 Å². The minimum absolute atomic E-state index is 0.202. The fourth-order valence-electron chi connectivity index (χ4n) is 3.32. The summed E-state index contributed by atoms with van der Waals surface area (Å²) in [6, 6.07) is 18.0. The zero-order valence-electron chi connectivity index (χ0n) is 13.1. The van der Waals surface area contributed by atoms with E-state index in [-0.39, 0.29) is 17.9 Å². The molecule has 1 amide bonds. The Morgan fingerprint density at radius 2 is 2.09 bits per heavy atom. The van der Waals surface area contributed by atoms with Crippen LogP contribution in [0.15, 0.2) is 48.5 Å². The van der Waals surface area contributed by atoms with Gasteiger partial charge in [-0.3, -0.25) is 4.79 Å². The number of para-hydroxylation sites is 1. The number of benzene rings is 2. The van der Waals surface area contributed by atoms with Gasteiger partial charge in [0.05, 0.1) is 17.6 Å². The van der Waals surface area contributed by atoms with E-state index in [1.165, 1.54) is 0 Å². The molecule has 3 rings (SSSR count). The Balaban J connectivity index is 1.97. The van der Waals surface area contributed by atoms with Crippen molar-refractivity contribution in [1.29, 1.82) is 5.26 Å². The van der Waals surface area contributed by atoms with Gasteiger partial charge in [0.25, 0.3) is 0 Å². The number of anilines is 1. The van der Waals surface area contributed by atoms with Crippen LogP contribution in [-0.2, 0) is 11.3 Å². The highest BCUT2D eigenvalue weighted by Crippen LogP contribution is 2.38. The number of hydrogen-bond acceptors (Lipinski definition) is 3. The summed E-state index contributed by atoms with van der Waals surface area (Å²) in [5.74, 6) is -0.502. The summed E-state index contributed by atoms with van der Waals surface area (Å²) in [6.07, 6.45) is 0.713. The molecule has 0 saturated carbocycles. The first-order valence-electron chi connectivity index (χ1n) is 7.74. The summed E-state index contributed by atoms with van der Waals surface area (Å²) < 4.78 is 0. The molecule has 2 aromatic carbocycles. The van der Waals surface area contributed by atoms with Crippen LogP contribution in [0.4, 0.5) is 5.69 Å². The molecule has 0 bridgehead atoms. The molecule has 1 heterocycles. The summed E-state index contributed by atoms with van der Waals surface area (Å²) in [6.45, 7) is 2.82. The number of primary amides is 1. The molecule has 2 atom stereocenters. The van der Waals surface area contributed by atoms with E-state index in [1.807, 2.05) is 42.5 Å². The second kappa shape index (κ2) is 6.13. The van der Waals surface area contributed by atoms with E-state index < -0.39 is 0 Å². The maximum absolute atomic E-state index is 11.8. The van der Waals surface area contributed by atoms with Gasteiger partial charge in [-0.2, -0.15) is 5.26 Å². The predicted molar refractivity (Wildman–Crippen MR) is 89.8 cm³/mol. The number of carbonyl (C=O) groups is 1. The maximum atomic E-state index is 11.8. The second-order valence-corrected chi connectivity index (χ2v) is 6.04. The van der Waals surface area contributed by atoms with Gasteiger partial charge in [-0.15, -0.1) is 0 Å². The molecule has 2 aromatic rings. The number of hydrogen-bond donors (Lipinski definition) is 1. The van der Waals surface area contributed by atoms with Gasteiger partial charge in [0.2, 0.25) is 5.91 Å². The number of nitrogens with two attached hydrogens (primary N) is 1. The molecule has 1 aliphatic rings. The molecular weight excluding hydrogens is 286 g/mol. The monoisotopic (exact) mass is 305 g/mol. The maximum Gasteiger partial charge on any atom is 0.225 e. The molecule has 116 valence electrons. The third-order valence-corrected chi connectivity index (χ3v) is 4.48. The van der Waals surface area contributed by atoms with Crippen molar-refractivity contribution >= 4 is 11.6 Å². The van der Waals surface area contributed by atoms with Crippen LogP contribution in [0.1, 0.15) is 36.0 Å². The first-order chi connectivity index (χ1) is 11.1. The lowest BCUT2D eigenvalue weighted by Crippen LogP contribution is -2.41. The van der Waals surface area contributed by atoms with Crippen LogP contribution < -0.4 is 10.6 Å². The fraction of sp³-hybridized carbons (Fsp3) is 0.263. The molecule has 2 N–H and O–H groups in total. The highest BCUT2D eigenvalue weighted by molar-refractivity contribution is 5.85. The molecule has 1 aliphatic heterocycles. The van der Waals surface area contributed by atoms with E-state index in [0.29, 0.717) is 18.5 Å². The van der Waals surface area contributed by atoms with Gasteiger partial charge in [0, 0.05) is 18.3 Å². The van der Waals surface area contributed by atoms with Crippen molar-refractivity contribution in [3.63, 3.8) is 0 Å². The largest absolute Gasteiger partial charge is 0.369 e. The van der Waals surface area contributed by atoms with Gasteiger partial charge < -0.3 is 10.6 Å². The highest BCUT2D eigenvalue weighted by atomic mass is 16.1. The van der Waals surface area contributed by atoms with Gasteiger partial charge in [-0.05, 0) is 42.7 Å². The van der Waals surface area contributed by atoms with Crippen molar-refractivity contribution in [2.45, 2.75) is 31.8 Å². The molecule has 0 saturated heterocycles. The van der Waals surface area contributed by atoms with E-state index >= 15 is 0 Å². The number of carbonyl (C=O) groups excluding carboxylic acids is 1. The van der Waals surface area contributed by atoms with Crippen molar-refractivity contribution in [3.05, 3.63) is 65.2 Å². The molecular formula is C19H19N3O. The van der Waals surface area contributed by atoms with Crippen molar-refractivity contribution in [1.82, 2.24) is 0 Å². The lowest BCUT2D eigenvalue weighted by molar-refractivity contribution is -0.119. The van der Waals surface area contributed by atoms with Crippen LogP contribution >= 0.6 is 0 Å². The molecule has 0 unspecified atom stereocenters. The van der Waals surface area contributed by atoms with Crippen LogP contribution in [0, 0.1) is 11.3 Å². The fourth-order valence-corrected chi connectivity index (χ4v) is 3.32. The molecule has 0 radical (unpaired) electrons. The van der Waals surface area contributed by atoms with E-state index in [9.17, 15) is 4.79 Å². The van der Waals surface area contributed by atoms with E-state index in [4.69, 9.17) is 11.0 Å². The Morgan fingerprint density at radius 1 is 1.30 bits per heavy atom. The Hall–Kier alpha value is -2.80. The van der Waals surface area contributed by atoms with Crippen molar-refractivity contribution in [2.24, 2.45) is 5.73 Å². The SMILES string of the molecule is C[C@@H]1C[C@@H](C(N)=O)c2ccccc2N1Cc1cccc(C#N)c1. The van der Waals surface area contributed by atoms with Gasteiger partial charge in [0.15, 0.2) is 0 Å². The molecule has 23 heavy (non-hydrogen) atoms. The molecule has 4 heteroatoms. The second-order valence-electron chi connectivity index (χ2n) is 6.04. The number of amides is 1. The van der Waals surface area contributed by atoms with Crippen LogP contribution in [-0.4, -0.2) is 11.9 Å². The average Bonchev–Trinajstić information content (AvgIpc) is 2.57. The Kier molecular flexibility index (Phi) is 4.03. The third kappa shape index (κ3) is 2.91. The lowest BCUT2D eigenvalue weighted by Gasteiger charge is -2.40. The topological polar surface area (TPSA) is 70.1 Å². The zero-order chi connectivity index (χ0) is 16.4. The minimum Gasteiger partial charge on any atom is -0.369 e. The predicted octanol–water partition coefficient (Wildman–Crippen LogP) is 2.93. The van der Waals surface area contributed by atoms with Crippen molar-refractivity contribution in [3.8, 4) is 6.07 Å². The van der Waals surface area contributed by atoms with Gasteiger partial charge in [0.1, 0.15) is 0 Å². The summed E-state index contributed by atoms with van der Waals surface area (Å²) in [5.41, 5.74) is 9.38. The van der Waals surface area contributed by atoms with Crippen LogP contribution in [0.5, 0.6) is 0 Å². The average molecular weight is 305 g/mol. The Labute approximate surface area is 136 Å². The van der Waals surface area contributed by atoms with Gasteiger partial charge in [-0.25, -0.2) is 0 Å². The summed E-state index contributed by atoms with van der Waals surface area (Å²) >= 11 is 0. The Morgan fingerprint density at radius 3 is 2.83 bits per heavy atom. The lowest BCUT2D eigenvalue weighted by atomic mass is 9.85. The van der Waals surface area contributed by atoms with Crippen molar-refractivity contribution in [2.75, 3.05) is 4.90 Å². The first kappa shape index (κ1) is 15.1.